The van der Waals surface area contributed by atoms with Crippen LogP contribution >= 0.6 is 0 Å². The third kappa shape index (κ3) is 5.77. The first-order valence-electron chi connectivity index (χ1n) is 8.33. The molecule has 0 aromatic heterocycles. The first-order valence-corrected chi connectivity index (χ1v) is 8.33. The number of benzene rings is 2. The van der Waals surface area contributed by atoms with Crippen LogP contribution in [0.15, 0.2) is 48.5 Å². The number of likely N-dealkylation sites (N-methyl/N-ethyl adjacent to an activating group) is 1. The van der Waals surface area contributed by atoms with Crippen LogP contribution in [0.1, 0.15) is 19.4 Å². The lowest BCUT2D eigenvalue weighted by Crippen LogP contribution is -2.48. The minimum absolute atomic E-state index is 0.131. The number of nitrogens with one attached hydrogen (secondary N) is 3. The fourth-order valence-corrected chi connectivity index (χ4v) is 2.20. The largest absolute Gasteiger partial charge is 0.454 e. The number of rotatable bonds is 7. The number of halogens is 1. The van der Waals surface area contributed by atoms with E-state index in [0.717, 1.165) is 5.56 Å². The van der Waals surface area contributed by atoms with Gasteiger partial charge in [-0.1, -0.05) is 24.3 Å². The van der Waals surface area contributed by atoms with E-state index >= 15 is 0 Å². The lowest BCUT2D eigenvalue weighted by atomic mass is 10.2. The molecule has 2 rings (SSSR count). The molecule has 0 saturated heterocycles. The van der Waals surface area contributed by atoms with Crippen LogP contribution in [0.2, 0.25) is 0 Å². The zero-order valence-corrected chi connectivity index (χ0v) is 14.7. The summed E-state index contributed by atoms with van der Waals surface area (Å²) < 4.78 is 19.2. The van der Waals surface area contributed by atoms with Crippen LogP contribution in [0.5, 0.6) is 11.5 Å². The third-order valence-corrected chi connectivity index (χ3v) is 3.51. The second-order valence-corrected chi connectivity index (χ2v) is 5.62. The van der Waals surface area contributed by atoms with E-state index in [4.69, 9.17) is 4.74 Å². The highest BCUT2D eigenvalue weighted by Gasteiger charge is 2.14. The molecule has 2 aromatic rings. The van der Waals surface area contributed by atoms with Crippen molar-refractivity contribution in [3.05, 3.63) is 59.9 Å². The predicted octanol–water partition coefficient (Wildman–Crippen LogP) is 2.94. The first kappa shape index (κ1) is 19.2. The van der Waals surface area contributed by atoms with Gasteiger partial charge in [-0.2, -0.15) is 0 Å². The van der Waals surface area contributed by atoms with Gasteiger partial charge < -0.3 is 20.7 Å². The van der Waals surface area contributed by atoms with Crippen molar-refractivity contribution in [2.45, 2.75) is 26.4 Å². The van der Waals surface area contributed by atoms with Crippen LogP contribution in [0.4, 0.5) is 9.18 Å². The zero-order chi connectivity index (χ0) is 18.9. The van der Waals surface area contributed by atoms with Gasteiger partial charge in [-0.05, 0) is 43.7 Å². The Labute approximate surface area is 151 Å². The summed E-state index contributed by atoms with van der Waals surface area (Å²) in [5.74, 6) is -0.103. The number of carbonyl (C=O) groups excluding carboxylic acids is 2. The lowest BCUT2D eigenvalue weighted by molar-refractivity contribution is -0.122. The van der Waals surface area contributed by atoms with Crippen LogP contribution in [-0.4, -0.2) is 24.5 Å². The van der Waals surface area contributed by atoms with E-state index in [-0.39, 0.29) is 18.2 Å². The van der Waals surface area contributed by atoms with Crippen molar-refractivity contribution in [2.75, 3.05) is 6.54 Å². The molecule has 7 heteroatoms. The van der Waals surface area contributed by atoms with Gasteiger partial charge in [0.2, 0.25) is 5.91 Å². The molecule has 0 aliphatic heterocycles. The molecule has 3 amide bonds. The molecule has 0 saturated carbocycles. The fourth-order valence-electron chi connectivity index (χ4n) is 2.20. The number of hydrogen-bond donors (Lipinski definition) is 3. The molecule has 3 N–H and O–H groups in total. The summed E-state index contributed by atoms with van der Waals surface area (Å²) in [5.41, 5.74) is 0.777. The van der Waals surface area contributed by atoms with Crippen LogP contribution in [0.3, 0.4) is 0 Å². The van der Waals surface area contributed by atoms with Crippen LogP contribution in [0, 0.1) is 5.82 Å². The first-order chi connectivity index (χ1) is 12.5. The number of ether oxygens (including phenoxy) is 1. The van der Waals surface area contributed by atoms with Gasteiger partial charge in [0.15, 0.2) is 11.6 Å². The average Bonchev–Trinajstić information content (AvgIpc) is 2.62. The number of urea groups is 1. The van der Waals surface area contributed by atoms with Crippen molar-refractivity contribution in [1.29, 1.82) is 0 Å². The molecule has 1 unspecified atom stereocenters. The van der Waals surface area contributed by atoms with E-state index < -0.39 is 17.9 Å². The smallest absolute Gasteiger partial charge is 0.315 e. The van der Waals surface area contributed by atoms with Gasteiger partial charge >= 0.3 is 6.03 Å². The topological polar surface area (TPSA) is 79.5 Å². The van der Waals surface area contributed by atoms with Gasteiger partial charge in [0, 0.05) is 13.1 Å². The summed E-state index contributed by atoms with van der Waals surface area (Å²) in [6, 6.07) is 12.0. The Balaban J connectivity index is 1.89. The minimum atomic E-state index is -0.634. The molecule has 0 bridgehead atoms. The summed E-state index contributed by atoms with van der Waals surface area (Å²) in [5, 5.41) is 7.85. The molecular formula is C19H22FN3O3. The molecular weight excluding hydrogens is 337 g/mol. The van der Waals surface area contributed by atoms with Crippen LogP contribution in [-0.2, 0) is 11.3 Å². The molecule has 1 atom stereocenters. The van der Waals surface area contributed by atoms with Crippen LogP contribution in [0.25, 0.3) is 0 Å². The Kier molecular flexibility index (Phi) is 6.96. The summed E-state index contributed by atoms with van der Waals surface area (Å²) in [6.45, 7) is 4.15. The summed E-state index contributed by atoms with van der Waals surface area (Å²) in [6.07, 6.45) is 0. The fraction of sp³-hybridized carbons (Fsp3) is 0.263. The van der Waals surface area contributed by atoms with Crippen molar-refractivity contribution in [1.82, 2.24) is 16.0 Å². The van der Waals surface area contributed by atoms with E-state index in [1.807, 2.05) is 6.07 Å². The Hall–Kier alpha value is -3.09. The zero-order valence-electron chi connectivity index (χ0n) is 14.7. The van der Waals surface area contributed by atoms with Gasteiger partial charge in [0.25, 0.3) is 0 Å². The normalized spacial score (nSPS) is 11.3. The average molecular weight is 359 g/mol. The highest BCUT2D eigenvalue weighted by molar-refractivity contribution is 5.86. The van der Waals surface area contributed by atoms with Gasteiger partial charge in [-0.15, -0.1) is 0 Å². The lowest BCUT2D eigenvalue weighted by Gasteiger charge is -2.14. The van der Waals surface area contributed by atoms with Gasteiger partial charge in [0.05, 0.1) is 0 Å². The Morgan fingerprint density at radius 1 is 1.12 bits per heavy atom. The Bertz CT molecular complexity index is 767. The maximum Gasteiger partial charge on any atom is 0.315 e. The second-order valence-electron chi connectivity index (χ2n) is 5.62. The SMILES string of the molecule is CCNC(=O)C(C)NC(=O)NCc1cccc(Oc2ccccc2F)c1. The summed E-state index contributed by atoms with van der Waals surface area (Å²) in [4.78, 5) is 23.5. The molecule has 6 nitrogen and oxygen atoms in total. The predicted molar refractivity (Wildman–Crippen MR) is 96.4 cm³/mol. The molecule has 138 valence electrons. The van der Waals surface area contributed by atoms with Crippen molar-refractivity contribution >= 4 is 11.9 Å². The highest BCUT2D eigenvalue weighted by Crippen LogP contribution is 2.24. The molecule has 0 aliphatic carbocycles. The molecule has 0 spiro atoms. The van der Waals surface area contributed by atoms with Gasteiger partial charge in [-0.25, -0.2) is 9.18 Å². The number of para-hydroxylation sites is 1. The third-order valence-electron chi connectivity index (χ3n) is 3.51. The van der Waals surface area contributed by atoms with Crippen molar-refractivity contribution in [3.8, 4) is 11.5 Å². The molecule has 0 heterocycles. The van der Waals surface area contributed by atoms with E-state index in [0.29, 0.717) is 12.3 Å². The quantitative estimate of drug-likeness (QED) is 0.711. The van der Waals surface area contributed by atoms with E-state index in [1.165, 1.54) is 12.1 Å². The Morgan fingerprint density at radius 2 is 1.88 bits per heavy atom. The van der Waals surface area contributed by atoms with Gasteiger partial charge in [0.1, 0.15) is 11.8 Å². The van der Waals surface area contributed by atoms with Gasteiger partial charge in [-0.3, -0.25) is 4.79 Å². The molecule has 2 aromatic carbocycles. The maximum absolute atomic E-state index is 13.6. The van der Waals surface area contributed by atoms with Crippen molar-refractivity contribution in [2.24, 2.45) is 0 Å². The standard InChI is InChI=1S/C19H22FN3O3/c1-3-21-18(24)13(2)23-19(25)22-12-14-7-6-8-15(11-14)26-17-10-5-4-9-16(17)20/h4-11,13H,3,12H2,1-2H3,(H,21,24)(H2,22,23,25). The van der Waals surface area contributed by atoms with E-state index in [1.54, 1.807) is 44.2 Å². The van der Waals surface area contributed by atoms with Crippen molar-refractivity contribution < 1.29 is 18.7 Å². The molecule has 0 aliphatic rings. The molecule has 0 fully saturated rings. The molecule has 0 radical (unpaired) electrons. The van der Waals surface area contributed by atoms with E-state index in [2.05, 4.69) is 16.0 Å². The summed E-state index contributed by atoms with van der Waals surface area (Å²) >= 11 is 0. The highest BCUT2D eigenvalue weighted by atomic mass is 19.1. The van der Waals surface area contributed by atoms with Crippen LogP contribution < -0.4 is 20.7 Å². The minimum Gasteiger partial charge on any atom is -0.454 e. The number of carbonyl (C=O) groups is 2. The second kappa shape index (κ2) is 9.41. The maximum atomic E-state index is 13.6. The van der Waals surface area contributed by atoms with E-state index in [9.17, 15) is 14.0 Å². The van der Waals surface area contributed by atoms with Crippen molar-refractivity contribution in [3.63, 3.8) is 0 Å². The number of amides is 3. The Morgan fingerprint density at radius 3 is 2.62 bits per heavy atom. The summed E-state index contributed by atoms with van der Waals surface area (Å²) in [7, 11) is 0. The molecule has 26 heavy (non-hydrogen) atoms. The number of hydrogen-bond acceptors (Lipinski definition) is 3. The monoisotopic (exact) mass is 359 g/mol.